The minimum atomic E-state index is -3.28. The highest BCUT2D eigenvalue weighted by atomic mass is 32.2. The average molecular weight is 263 g/mol. The lowest BCUT2D eigenvalue weighted by atomic mass is 9.91. The third-order valence-corrected chi connectivity index (χ3v) is 6.01. The highest BCUT2D eigenvalue weighted by Gasteiger charge is 2.36. The molecule has 0 unspecified atom stereocenters. The van der Waals surface area contributed by atoms with Crippen LogP contribution in [0.3, 0.4) is 0 Å². The van der Waals surface area contributed by atoms with Crippen LogP contribution in [0.2, 0.25) is 0 Å². The van der Waals surface area contributed by atoms with Crippen LogP contribution >= 0.6 is 0 Å². The summed E-state index contributed by atoms with van der Waals surface area (Å²) in [5, 5.41) is 3.27. The van der Waals surface area contributed by atoms with Gasteiger partial charge in [-0.25, -0.2) is 0 Å². The van der Waals surface area contributed by atoms with Gasteiger partial charge in [-0.15, -0.1) is 0 Å². The van der Waals surface area contributed by atoms with Gasteiger partial charge in [0.05, 0.1) is 0 Å². The first kappa shape index (κ1) is 14.9. The molecule has 1 aliphatic heterocycles. The lowest BCUT2D eigenvalue weighted by Crippen LogP contribution is -2.54. The van der Waals surface area contributed by atoms with E-state index in [0.29, 0.717) is 13.1 Å². The maximum Gasteiger partial charge on any atom is 0.281 e. The minimum absolute atomic E-state index is 0.00221. The molecular formula is C11H25N3O2S. The second kappa shape index (κ2) is 5.22. The molecule has 1 aliphatic rings. The van der Waals surface area contributed by atoms with E-state index in [1.54, 1.807) is 11.4 Å². The number of piperidine rings is 1. The van der Waals surface area contributed by atoms with Crippen molar-refractivity contribution in [3.8, 4) is 0 Å². The van der Waals surface area contributed by atoms with Crippen molar-refractivity contribution < 1.29 is 8.42 Å². The average Bonchev–Trinajstić information content (AvgIpc) is 2.28. The highest BCUT2D eigenvalue weighted by molar-refractivity contribution is 7.86. The van der Waals surface area contributed by atoms with Gasteiger partial charge in [-0.1, -0.05) is 0 Å². The van der Waals surface area contributed by atoms with Crippen molar-refractivity contribution in [3.05, 3.63) is 0 Å². The highest BCUT2D eigenvalue weighted by Crippen LogP contribution is 2.24. The molecule has 0 aromatic carbocycles. The van der Waals surface area contributed by atoms with Crippen LogP contribution in [0.25, 0.3) is 0 Å². The van der Waals surface area contributed by atoms with E-state index in [0.717, 1.165) is 12.8 Å². The van der Waals surface area contributed by atoms with E-state index in [-0.39, 0.29) is 11.6 Å². The van der Waals surface area contributed by atoms with Crippen molar-refractivity contribution in [2.75, 3.05) is 27.2 Å². The molecule has 0 amide bonds. The van der Waals surface area contributed by atoms with Crippen LogP contribution < -0.4 is 5.32 Å². The Hall–Kier alpha value is -0.170. The SMILES string of the molecule is CNC1(C)CCN(S(=O)(=O)N(C)C(C)C)CC1. The summed E-state index contributed by atoms with van der Waals surface area (Å²) in [7, 11) is 0.299. The van der Waals surface area contributed by atoms with E-state index < -0.39 is 10.2 Å². The number of nitrogens with zero attached hydrogens (tertiary/aromatic N) is 2. The van der Waals surface area contributed by atoms with Crippen LogP contribution in [0.5, 0.6) is 0 Å². The van der Waals surface area contributed by atoms with E-state index >= 15 is 0 Å². The summed E-state index contributed by atoms with van der Waals surface area (Å²) < 4.78 is 27.5. The molecule has 17 heavy (non-hydrogen) atoms. The van der Waals surface area contributed by atoms with Crippen LogP contribution in [0.4, 0.5) is 0 Å². The van der Waals surface area contributed by atoms with Crippen molar-refractivity contribution in [2.45, 2.75) is 45.2 Å². The molecule has 102 valence electrons. The van der Waals surface area contributed by atoms with Crippen molar-refractivity contribution >= 4 is 10.2 Å². The molecule has 0 radical (unpaired) electrons. The fourth-order valence-corrected chi connectivity index (χ4v) is 3.45. The first-order valence-corrected chi connectivity index (χ1v) is 7.55. The molecule has 0 aliphatic carbocycles. The second-order valence-corrected chi connectivity index (χ2v) is 7.32. The molecule has 1 rings (SSSR count). The smallest absolute Gasteiger partial charge is 0.281 e. The third kappa shape index (κ3) is 3.19. The lowest BCUT2D eigenvalue weighted by Gasteiger charge is -2.40. The fourth-order valence-electron chi connectivity index (χ4n) is 1.91. The zero-order valence-electron chi connectivity index (χ0n) is 11.5. The Morgan fingerprint density at radius 3 is 2.12 bits per heavy atom. The number of hydrogen-bond donors (Lipinski definition) is 1. The summed E-state index contributed by atoms with van der Waals surface area (Å²) in [6.45, 7) is 7.11. The summed E-state index contributed by atoms with van der Waals surface area (Å²) in [4.78, 5) is 0. The monoisotopic (exact) mass is 263 g/mol. The predicted molar refractivity (Wildman–Crippen MR) is 70.1 cm³/mol. The van der Waals surface area contributed by atoms with E-state index in [1.165, 1.54) is 4.31 Å². The number of nitrogens with one attached hydrogen (secondary N) is 1. The Morgan fingerprint density at radius 2 is 1.76 bits per heavy atom. The van der Waals surface area contributed by atoms with Gasteiger partial charge in [0.2, 0.25) is 0 Å². The van der Waals surface area contributed by atoms with E-state index in [2.05, 4.69) is 12.2 Å². The quantitative estimate of drug-likeness (QED) is 0.810. The van der Waals surface area contributed by atoms with Crippen molar-refractivity contribution in [2.24, 2.45) is 0 Å². The summed E-state index contributed by atoms with van der Waals surface area (Å²) in [5.74, 6) is 0. The van der Waals surface area contributed by atoms with Crippen molar-refractivity contribution in [3.63, 3.8) is 0 Å². The van der Waals surface area contributed by atoms with Gasteiger partial charge in [0, 0.05) is 31.7 Å². The van der Waals surface area contributed by atoms with Gasteiger partial charge in [-0.05, 0) is 40.7 Å². The van der Waals surface area contributed by atoms with Crippen LogP contribution in [0, 0.1) is 0 Å². The molecule has 1 heterocycles. The third-order valence-electron chi connectivity index (χ3n) is 3.85. The molecule has 0 saturated carbocycles. The molecule has 1 N–H and O–H groups in total. The molecular weight excluding hydrogens is 238 g/mol. The first-order valence-electron chi connectivity index (χ1n) is 6.15. The molecule has 0 atom stereocenters. The molecule has 0 bridgehead atoms. The van der Waals surface area contributed by atoms with Gasteiger partial charge in [0.1, 0.15) is 0 Å². The van der Waals surface area contributed by atoms with Gasteiger partial charge in [-0.2, -0.15) is 17.0 Å². The van der Waals surface area contributed by atoms with Crippen LogP contribution in [0.1, 0.15) is 33.6 Å². The minimum Gasteiger partial charge on any atom is -0.314 e. The number of hydrogen-bond acceptors (Lipinski definition) is 3. The second-order valence-electron chi connectivity index (χ2n) is 5.33. The Bertz CT molecular complexity index is 346. The summed E-state index contributed by atoms with van der Waals surface area (Å²) in [6.07, 6.45) is 1.71. The normalized spacial score (nSPS) is 22.3. The zero-order chi connectivity index (χ0) is 13.3. The number of rotatable bonds is 4. The van der Waals surface area contributed by atoms with E-state index in [9.17, 15) is 8.42 Å². The summed E-state index contributed by atoms with van der Waals surface area (Å²) in [5.41, 5.74) is 0.0718. The Kier molecular flexibility index (Phi) is 4.57. The van der Waals surface area contributed by atoms with Gasteiger partial charge in [0.15, 0.2) is 0 Å². The molecule has 6 heteroatoms. The van der Waals surface area contributed by atoms with Crippen LogP contribution in [-0.2, 0) is 10.2 Å². The Balaban J connectivity index is 2.72. The Morgan fingerprint density at radius 1 is 1.29 bits per heavy atom. The first-order chi connectivity index (χ1) is 7.73. The standard InChI is InChI=1S/C11H25N3O2S/c1-10(2)13(5)17(15,16)14-8-6-11(3,12-4)7-9-14/h10,12H,6-9H2,1-5H3. The molecule has 5 nitrogen and oxygen atoms in total. The van der Waals surface area contributed by atoms with Gasteiger partial charge < -0.3 is 5.32 Å². The maximum atomic E-state index is 12.3. The van der Waals surface area contributed by atoms with Gasteiger partial charge >= 0.3 is 0 Å². The van der Waals surface area contributed by atoms with Crippen LogP contribution in [-0.4, -0.2) is 55.8 Å². The van der Waals surface area contributed by atoms with E-state index in [4.69, 9.17) is 0 Å². The predicted octanol–water partition coefficient (Wildman–Crippen LogP) is 0.645. The summed E-state index contributed by atoms with van der Waals surface area (Å²) in [6, 6.07) is -0.00221. The molecule has 1 saturated heterocycles. The zero-order valence-corrected chi connectivity index (χ0v) is 12.3. The molecule has 0 aromatic heterocycles. The summed E-state index contributed by atoms with van der Waals surface area (Å²) >= 11 is 0. The maximum absolute atomic E-state index is 12.3. The fraction of sp³-hybridized carbons (Fsp3) is 1.00. The van der Waals surface area contributed by atoms with Gasteiger partial charge in [0.25, 0.3) is 10.2 Å². The Labute approximate surface area is 105 Å². The van der Waals surface area contributed by atoms with Crippen molar-refractivity contribution in [1.29, 1.82) is 0 Å². The molecule has 0 aromatic rings. The largest absolute Gasteiger partial charge is 0.314 e. The molecule has 1 fully saturated rings. The van der Waals surface area contributed by atoms with E-state index in [1.807, 2.05) is 20.9 Å². The lowest BCUT2D eigenvalue weighted by molar-refractivity contribution is 0.209. The van der Waals surface area contributed by atoms with Gasteiger partial charge in [-0.3, -0.25) is 0 Å². The topological polar surface area (TPSA) is 52.7 Å². The van der Waals surface area contributed by atoms with Crippen LogP contribution in [0.15, 0.2) is 0 Å². The van der Waals surface area contributed by atoms with Crippen molar-refractivity contribution in [1.82, 2.24) is 13.9 Å². The molecule has 0 spiro atoms.